The minimum absolute atomic E-state index is 0.0963. The molecule has 2 fully saturated rings. The van der Waals surface area contributed by atoms with Gasteiger partial charge in [-0.1, -0.05) is 57.8 Å². The molecule has 2 aliphatic rings. The van der Waals surface area contributed by atoms with Gasteiger partial charge in [-0.15, -0.1) is 0 Å². The summed E-state index contributed by atoms with van der Waals surface area (Å²) in [7, 11) is 0. The molecular weight excluding hydrogens is 248 g/mol. The van der Waals surface area contributed by atoms with Crippen LogP contribution in [0.4, 0.5) is 0 Å². The Balaban J connectivity index is 1.78. The Morgan fingerprint density at radius 2 is 1.65 bits per heavy atom. The highest BCUT2D eigenvalue weighted by atomic mass is 16.1. The minimum Gasteiger partial charge on any atom is -0.338 e. The van der Waals surface area contributed by atoms with Gasteiger partial charge in [0.2, 0.25) is 5.91 Å². The topological polar surface area (TPSA) is 52.9 Å². The number of hydrogen-bond acceptors (Lipinski definition) is 2. The van der Waals surface area contributed by atoms with Gasteiger partial charge in [0.1, 0.15) is 5.54 Å². The molecule has 0 aromatic carbocycles. The summed E-state index contributed by atoms with van der Waals surface area (Å²) < 4.78 is 0. The number of carbonyl (C=O) groups is 1. The van der Waals surface area contributed by atoms with Gasteiger partial charge in [0.25, 0.3) is 0 Å². The zero-order chi connectivity index (χ0) is 14.3. The molecule has 2 saturated carbocycles. The number of amides is 1. The maximum absolute atomic E-state index is 12.2. The fourth-order valence-electron chi connectivity index (χ4n) is 3.74. The second-order valence-corrected chi connectivity index (χ2v) is 6.70. The molecule has 3 nitrogen and oxygen atoms in total. The van der Waals surface area contributed by atoms with Crippen LogP contribution in [0.5, 0.6) is 0 Å². The average Bonchev–Trinajstić information content (AvgIpc) is 2.72. The van der Waals surface area contributed by atoms with Gasteiger partial charge >= 0.3 is 0 Å². The molecular formula is C17H28N2O. The Bertz CT molecular complexity index is 344. The van der Waals surface area contributed by atoms with Crippen LogP contribution < -0.4 is 5.32 Å². The van der Waals surface area contributed by atoms with Gasteiger partial charge in [0.15, 0.2) is 0 Å². The van der Waals surface area contributed by atoms with Gasteiger partial charge in [-0.05, 0) is 25.2 Å². The van der Waals surface area contributed by atoms with Gasteiger partial charge in [-0.3, -0.25) is 4.79 Å². The fourth-order valence-corrected chi connectivity index (χ4v) is 3.74. The lowest BCUT2D eigenvalue weighted by Gasteiger charge is -2.27. The van der Waals surface area contributed by atoms with Crippen molar-refractivity contribution in [3.05, 3.63) is 0 Å². The summed E-state index contributed by atoms with van der Waals surface area (Å²) in [6.07, 6.45) is 14.4. The Morgan fingerprint density at radius 1 is 1.05 bits per heavy atom. The minimum atomic E-state index is -0.569. The van der Waals surface area contributed by atoms with E-state index in [0.717, 1.165) is 38.0 Å². The standard InChI is InChI=1S/C17H28N2O/c18-14-17(12-6-1-2-7-13-17)19-16(20)11-10-15-8-4-3-5-9-15/h15H,1-13H2,(H,19,20). The predicted molar refractivity (Wildman–Crippen MR) is 80.0 cm³/mol. The lowest BCUT2D eigenvalue weighted by molar-refractivity contribution is -0.122. The van der Waals surface area contributed by atoms with Crippen molar-refractivity contribution < 1.29 is 4.79 Å². The molecule has 0 aromatic heterocycles. The quantitative estimate of drug-likeness (QED) is 0.787. The number of hydrogen-bond donors (Lipinski definition) is 1. The van der Waals surface area contributed by atoms with Gasteiger partial charge in [-0.25, -0.2) is 0 Å². The molecule has 0 atom stereocenters. The highest BCUT2D eigenvalue weighted by Gasteiger charge is 2.32. The average molecular weight is 276 g/mol. The van der Waals surface area contributed by atoms with E-state index in [1.54, 1.807) is 0 Å². The van der Waals surface area contributed by atoms with Crippen molar-refractivity contribution in [2.75, 3.05) is 0 Å². The monoisotopic (exact) mass is 276 g/mol. The van der Waals surface area contributed by atoms with Crippen LogP contribution in [-0.2, 0) is 4.79 Å². The third-order valence-electron chi connectivity index (χ3n) is 5.05. The normalized spacial score (nSPS) is 23.6. The predicted octanol–water partition coefficient (Wildman–Crippen LogP) is 4.08. The SMILES string of the molecule is N#CC1(NC(=O)CCC2CCCCC2)CCCCCC1. The van der Waals surface area contributed by atoms with Crippen molar-refractivity contribution in [1.29, 1.82) is 5.26 Å². The highest BCUT2D eigenvalue weighted by molar-refractivity contribution is 5.77. The van der Waals surface area contributed by atoms with Crippen LogP contribution in [0.1, 0.15) is 83.5 Å². The van der Waals surface area contributed by atoms with Crippen molar-refractivity contribution in [2.45, 2.75) is 89.0 Å². The van der Waals surface area contributed by atoms with Gasteiger partial charge < -0.3 is 5.32 Å². The number of nitrogens with one attached hydrogen (secondary N) is 1. The highest BCUT2D eigenvalue weighted by Crippen LogP contribution is 2.29. The molecule has 0 spiro atoms. The maximum Gasteiger partial charge on any atom is 0.221 e. The van der Waals surface area contributed by atoms with E-state index in [0.29, 0.717) is 6.42 Å². The van der Waals surface area contributed by atoms with Gasteiger partial charge in [0.05, 0.1) is 6.07 Å². The largest absolute Gasteiger partial charge is 0.338 e. The number of nitrogens with zero attached hydrogens (tertiary/aromatic N) is 1. The molecule has 0 radical (unpaired) electrons. The van der Waals surface area contributed by atoms with E-state index in [-0.39, 0.29) is 5.91 Å². The van der Waals surface area contributed by atoms with E-state index in [1.165, 1.54) is 44.9 Å². The van der Waals surface area contributed by atoms with E-state index in [1.807, 2.05) is 0 Å². The summed E-state index contributed by atoms with van der Waals surface area (Å²) in [5.74, 6) is 0.834. The molecule has 2 aliphatic carbocycles. The van der Waals surface area contributed by atoms with Crippen LogP contribution in [-0.4, -0.2) is 11.4 Å². The van der Waals surface area contributed by atoms with Crippen molar-refractivity contribution in [1.82, 2.24) is 5.32 Å². The Hall–Kier alpha value is -1.04. The van der Waals surface area contributed by atoms with Crippen LogP contribution >= 0.6 is 0 Å². The first-order valence-electron chi connectivity index (χ1n) is 8.46. The lowest BCUT2D eigenvalue weighted by Crippen LogP contribution is -2.47. The maximum atomic E-state index is 12.2. The van der Waals surface area contributed by atoms with Crippen molar-refractivity contribution in [2.24, 2.45) is 5.92 Å². The Kier molecular flexibility index (Phi) is 5.88. The third kappa shape index (κ3) is 4.51. The van der Waals surface area contributed by atoms with Gasteiger partial charge in [-0.2, -0.15) is 5.26 Å². The van der Waals surface area contributed by atoms with E-state index >= 15 is 0 Å². The second kappa shape index (κ2) is 7.67. The van der Waals surface area contributed by atoms with E-state index < -0.39 is 5.54 Å². The first-order chi connectivity index (χ1) is 9.74. The number of nitriles is 1. The fraction of sp³-hybridized carbons (Fsp3) is 0.882. The molecule has 3 heteroatoms. The lowest BCUT2D eigenvalue weighted by atomic mass is 9.85. The molecule has 0 saturated heterocycles. The Morgan fingerprint density at radius 3 is 2.25 bits per heavy atom. The summed E-state index contributed by atoms with van der Waals surface area (Å²) in [6.45, 7) is 0. The molecule has 20 heavy (non-hydrogen) atoms. The summed E-state index contributed by atoms with van der Waals surface area (Å²) in [4.78, 5) is 12.2. The summed E-state index contributed by atoms with van der Waals surface area (Å²) in [5, 5.41) is 12.5. The van der Waals surface area contributed by atoms with Crippen LogP contribution in [0.3, 0.4) is 0 Å². The zero-order valence-electron chi connectivity index (χ0n) is 12.6. The van der Waals surface area contributed by atoms with Crippen LogP contribution in [0.25, 0.3) is 0 Å². The zero-order valence-corrected chi connectivity index (χ0v) is 12.6. The van der Waals surface area contributed by atoms with Crippen LogP contribution in [0.2, 0.25) is 0 Å². The van der Waals surface area contributed by atoms with Crippen molar-refractivity contribution in [3.63, 3.8) is 0 Å². The number of carbonyl (C=O) groups excluding carboxylic acids is 1. The molecule has 0 aromatic rings. The van der Waals surface area contributed by atoms with E-state index in [9.17, 15) is 10.1 Å². The van der Waals surface area contributed by atoms with E-state index in [2.05, 4.69) is 11.4 Å². The van der Waals surface area contributed by atoms with Crippen molar-refractivity contribution in [3.8, 4) is 6.07 Å². The van der Waals surface area contributed by atoms with Gasteiger partial charge in [0, 0.05) is 6.42 Å². The first-order valence-corrected chi connectivity index (χ1v) is 8.46. The third-order valence-corrected chi connectivity index (χ3v) is 5.05. The second-order valence-electron chi connectivity index (χ2n) is 6.70. The molecule has 112 valence electrons. The molecule has 1 N–H and O–H groups in total. The molecule has 2 rings (SSSR count). The number of rotatable bonds is 4. The summed E-state index contributed by atoms with van der Waals surface area (Å²) in [5.41, 5.74) is -0.569. The van der Waals surface area contributed by atoms with E-state index in [4.69, 9.17) is 0 Å². The van der Waals surface area contributed by atoms with Crippen LogP contribution in [0, 0.1) is 17.2 Å². The molecule has 0 aliphatic heterocycles. The molecule has 0 unspecified atom stereocenters. The first kappa shape index (κ1) is 15.4. The summed E-state index contributed by atoms with van der Waals surface area (Å²) in [6, 6.07) is 2.39. The van der Waals surface area contributed by atoms with Crippen LogP contribution in [0.15, 0.2) is 0 Å². The van der Waals surface area contributed by atoms with Crippen molar-refractivity contribution >= 4 is 5.91 Å². The smallest absolute Gasteiger partial charge is 0.221 e. The molecule has 0 bridgehead atoms. The molecule has 1 amide bonds. The summed E-state index contributed by atoms with van der Waals surface area (Å²) >= 11 is 0. The molecule has 0 heterocycles. The Labute approximate surface area is 123 Å².